The minimum atomic E-state index is 0.156. The molecule has 5 heteroatoms. The molecule has 1 unspecified atom stereocenters. The molecular formula is C11H12ClN3S. The third-order valence-corrected chi connectivity index (χ3v) is 3.16. The summed E-state index contributed by atoms with van der Waals surface area (Å²) in [5.74, 6) is 0.882. The first-order valence-electron chi connectivity index (χ1n) is 4.98. The molecule has 0 aliphatic heterocycles. The van der Waals surface area contributed by atoms with Crippen LogP contribution >= 0.6 is 23.8 Å². The van der Waals surface area contributed by atoms with E-state index in [1.165, 1.54) is 0 Å². The van der Waals surface area contributed by atoms with Gasteiger partial charge >= 0.3 is 0 Å². The number of rotatable bonds is 2. The second kappa shape index (κ2) is 4.39. The fourth-order valence-electron chi connectivity index (χ4n) is 1.73. The SMILES string of the molecule is Cc1n[nH]c(=S)n1C(C)c1ccc(Cl)cc1. The molecule has 84 valence electrons. The quantitative estimate of drug-likeness (QED) is 0.831. The first kappa shape index (κ1) is 11.4. The molecule has 0 bridgehead atoms. The average Bonchev–Trinajstić information content (AvgIpc) is 2.59. The molecule has 1 heterocycles. The maximum absolute atomic E-state index is 5.86. The van der Waals surface area contributed by atoms with Gasteiger partial charge in [0.15, 0.2) is 4.77 Å². The molecule has 0 fully saturated rings. The van der Waals surface area contributed by atoms with Crippen LogP contribution in [0.25, 0.3) is 0 Å². The number of benzene rings is 1. The van der Waals surface area contributed by atoms with Gasteiger partial charge in [0.1, 0.15) is 5.82 Å². The Morgan fingerprint density at radius 3 is 2.50 bits per heavy atom. The predicted octanol–water partition coefficient (Wildman–Crippen LogP) is 3.51. The second-order valence-corrected chi connectivity index (χ2v) is 4.50. The average molecular weight is 254 g/mol. The summed E-state index contributed by atoms with van der Waals surface area (Å²) in [5, 5.41) is 7.63. The Morgan fingerprint density at radius 2 is 2.00 bits per heavy atom. The molecular weight excluding hydrogens is 242 g/mol. The van der Waals surface area contributed by atoms with E-state index in [1.807, 2.05) is 35.8 Å². The Labute approximate surface area is 104 Å². The number of aryl methyl sites for hydroxylation is 1. The molecule has 2 rings (SSSR count). The number of halogens is 1. The van der Waals surface area contributed by atoms with E-state index in [9.17, 15) is 0 Å². The fourth-order valence-corrected chi connectivity index (χ4v) is 2.19. The topological polar surface area (TPSA) is 33.6 Å². The number of hydrogen-bond donors (Lipinski definition) is 1. The zero-order valence-corrected chi connectivity index (χ0v) is 10.6. The van der Waals surface area contributed by atoms with Gasteiger partial charge in [-0.05, 0) is 43.8 Å². The van der Waals surface area contributed by atoms with E-state index in [0.717, 1.165) is 16.4 Å². The summed E-state index contributed by atoms with van der Waals surface area (Å²) in [6.07, 6.45) is 0. The van der Waals surface area contributed by atoms with Gasteiger partial charge in [-0.2, -0.15) is 5.10 Å². The highest BCUT2D eigenvalue weighted by Gasteiger charge is 2.11. The van der Waals surface area contributed by atoms with Crippen molar-refractivity contribution in [3.8, 4) is 0 Å². The molecule has 0 amide bonds. The summed E-state index contributed by atoms with van der Waals surface area (Å²) in [4.78, 5) is 0. The maximum Gasteiger partial charge on any atom is 0.195 e. The van der Waals surface area contributed by atoms with Crippen LogP contribution in [-0.2, 0) is 0 Å². The highest BCUT2D eigenvalue weighted by molar-refractivity contribution is 7.71. The van der Waals surface area contributed by atoms with E-state index in [4.69, 9.17) is 23.8 Å². The zero-order chi connectivity index (χ0) is 11.7. The third-order valence-electron chi connectivity index (χ3n) is 2.62. The standard InChI is InChI=1S/C11H12ClN3S/c1-7(9-3-5-10(12)6-4-9)15-8(2)13-14-11(15)16/h3-7H,1-2H3,(H,14,16). The Morgan fingerprint density at radius 1 is 1.38 bits per heavy atom. The van der Waals surface area contributed by atoms with Crippen LogP contribution in [0.3, 0.4) is 0 Å². The van der Waals surface area contributed by atoms with Gasteiger partial charge in [-0.25, -0.2) is 0 Å². The predicted molar refractivity (Wildman–Crippen MR) is 67.4 cm³/mol. The lowest BCUT2D eigenvalue weighted by Gasteiger charge is -2.14. The highest BCUT2D eigenvalue weighted by Crippen LogP contribution is 2.21. The van der Waals surface area contributed by atoms with E-state index in [0.29, 0.717) is 4.77 Å². The highest BCUT2D eigenvalue weighted by atomic mass is 35.5. The van der Waals surface area contributed by atoms with Crippen molar-refractivity contribution >= 4 is 23.8 Å². The molecule has 0 saturated carbocycles. The van der Waals surface area contributed by atoms with Crippen molar-refractivity contribution in [2.45, 2.75) is 19.9 Å². The number of H-pyrrole nitrogens is 1. The monoisotopic (exact) mass is 253 g/mol. The molecule has 1 aromatic carbocycles. The van der Waals surface area contributed by atoms with Crippen LogP contribution in [0.2, 0.25) is 5.02 Å². The van der Waals surface area contributed by atoms with E-state index >= 15 is 0 Å². The molecule has 0 aliphatic carbocycles. The molecule has 0 spiro atoms. The van der Waals surface area contributed by atoms with Crippen LogP contribution in [0, 0.1) is 11.7 Å². The Kier molecular flexibility index (Phi) is 3.12. The van der Waals surface area contributed by atoms with Gasteiger partial charge in [0.25, 0.3) is 0 Å². The van der Waals surface area contributed by atoms with Crippen molar-refractivity contribution in [3.63, 3.8) is 0 Å². The molecule has 0 radical (unpaired) electrons. The molecule has 3 nitrogen and oxygen atoms in total. The van der Waals surface area contributed by atoms with Crippen LogP contribution in [0.4, 0.5) is 0 Å². The summed E-state index contributed by atoms with van der Waals surface area (Å²) in [5.41, 5.74) is 1.16. The molecule has 0 aliphatic rings. The molecule has 1 N–H and O–H groups in total. The zero-order valence-electron chi connectivity index (χ0n) is 9.07. The van der Waals surface area contributed by atoms with Crippen LogP contribution in [-0.4, -0.2) is 14.8 Å². The van der Waals surface area contributed by atoms with E-state index in [2.05, 4.69) is 17.1 Å². The van der Waals surface area contributed by atoms with Gasteiger partial charge < -0.3 is 0 Å². The smallest absolute Gasteiger partial charge is 0.195 e. The number of hydrogen-bond acceptors (Lipinski definition) is 2. The Hall–Kier alpha value is -1.13. The third kappa shape index (κ3) is 2.03. The molecule has 16 heavy (non-hydrogen) atoms. The Bertz CT molecular complexity index is 541. The van der Waals surface area contributed by atoms with Crippen molar-refractivity contribution in [3.05, 3.63) is 45.4 Å². The van der Waals surface area contributed by atoms with E-state index in [1.54, 1.807) is 0 Å². The van der Waals surface area contributed by atoms with Gasteiger partial charge in [-0.15, -0.1) is 0 Å². The minimum Gasteiger partial charge on any atom is -0.297 e. The van der Waals surface area contributed by atoms with Crippen molar-refractivity contribution in [2.24, 2.45) is 0 Å². The lowest BCUT2D eigenvalue weighted by Crippen LogP contribution is -2.08. The van der Waals surface area contributed by atoms with Crippen LogP contribution in [0.1, 0.15) is 24.4 Å². The molecule has 0 saturated heterocycles. The van der Waals surface area contributed by atoms with Gasteiger partial charge in [0.2, 0.25) is 0 Å². The fraction of sp³-hybridized carbons (Fsp3) is 0.273. The minimum absolute atomic E-state index is 0.156. The lowest BCUT2D eigenvalue weighted by molar-refractivity contribution is 0.611. The number of nitrogens with one attached hydrogen (secondary N) is 1. The number of aromatic nitrogens is 3. The van der Waals surface area contributed by atoms with Crippen LogP contribution in [0.5, 0.6) is 0 Å². The normalized spacial score (nSPS) is 12.7. The molecule has 1 atom stereocenters. The molecule has 2 aromatic rings. The molecule has 1 aromatic heterocycles. The van der Waals surface area contributed by atoms with E-state index < -0.39 is 0 Å². The summed E-state index contributed by atoms with van der Waals surface area (Å²) in [7, 11) is 0. The first-order chi connectivity index (χ1) is 7.59. The van der Waals surface area contributed by atoms with Crippen LogP contribution in [0.15, 0.2) is 24.3 Å². The maximum atomic E-state index is 5.86. The van der Waals surface area contributed by atoms with Crippen LogP contribution < -0.4 is 0 Å². The van der Waals surface area contributed by atoms with Gasteiger partial charge in [-0.1, -0.05) is 23.7 Å². The summed E-state index contributed by atoms with van der Waals surface area (Å²) in [6.45, 7) is 4.01. The lowest BCUT2D eigenvalue weighted by atomic mass is 10.1. The summed E-state index contributed by atoms with van der Waals surface area (Å²) in [6, 6.07) is 7.92. The van der Waals surface area contributed by atoms with Gasteiger partial charge in [0, 0.05) is 5.02 Å². The Balaban J connectivity index is 2.43. The van der Waals surface area contributed by atoms with Crippen molar-refractivity contribution in [1.82, 2.24) is 14.8 Å². The largest absolute Gasteiger partial charge is 0.297 e. The van der Waals surface area contributed by atoms with Crippen molar-refractivity contribution < 1.29 is 0 Å². The van der Waals surface area contributed by atoms with Crippen molar-refractivity contribution in [1.29, 1.82) is 0 Å². The number of aromatic amines is 1. The summed E-state index contributed by atoms with van der Waals surface area (Å²) >= 11 is 11.1. The van der Waals surface area contributed by atoms with Gasteiger partial charge in [-0.3, -0.25) is 9.67 Å². The number of nitrogens with zero attached hydrogens (tertiary/aromatic N) is 2. The van der Waals surface area contributed by atoms with Gasteiger partial charge in [0.05, 0.1) is 6.04 Å². The van der Waals surface area contributed by atoms with E-state index in [-0.39, 0.29) is 6.04 Å². The van der Waals surface area contributed by atoms with Crippen molar-refractivity contribution in [2.75, 3.05) is 0 Å². The summed E-state index contributed by atoms with van der Waals surface area (Å²) < 4.78 is 2.62. The first-order valence-corrected chi connectivity index (χ1v) is 5.77. The second-order valence-electron chi connectivity index (χ2n) is 3.67.